The molecule has 1 fully saturated rings. The molecule has 2 rings (SSSR count). The van der Waals surface area contributed by atoms with Crippen LogP contribution in [0.2, 0.25) is 0 Å². The highest BCUT2D eigenvalue weighted by molar-refractivity contribution is 7.99. The molecule has 0 saturated carbocycles. The molecule has 6 heteroatoms. The number of carbonyl (C=O) groups excluding carboxylic acids is 1. The molecule has 0 bridgehead atoms. The maximum Gasteiger partial charge on any atom is 0.221 e. The molecular formula is C10H15N3O2S. The van der Waals surface area contributed by atoms with Gasteiger partial charge in [-0.15, -0.1) is 0 Å². The molecule has 1 aromatic heterocycles. The van der Waals surface area contributed by atoms with Gasteiger partial charge < -0.3 is 15.2 Å². The largest absolute Gasteiger partial charge is 0.360 e. The normalized spacial score (nSPS) is 20.6. The van der Waals surface area contributed by atoms with Crippen LogP contribution in [0.4, 0.5) is 0 Å². The maximum atomic E-state index is 11.6. The van der Waals surface area contributed by atoms with E-state index in [1.807, 2.05) is 11.8 Å². The van der Waals surface area contributed by atoms with E-state index in [1.54, 1.807) is 12.3 Å². The third kappa shape index (κ3) is 3.53. The predicted molar refractivity (Wildman–Crippen MR) is 62.1 cm³/mol. The molecule has 1 saturated heterocycles. The van der Waals surface area contributed by atoms with Crippen molar-refractivity contribution < 1.29 is 9.32 Å². The van der Waals surface area contributed by atoms with Crippen molar-refractivity contribution in [3.63, 3.8) is 0 Å². The zero-order valence-corrected chi connectivity index (χ0v) is 9.76. The minimum atomic E-state index is 0.0522. The molecule has 0 spiro atoms. The first kappa shape index (κ1) is 11.5. The summed E-state index contributed by atoms with van der Waals surface area (Å²) < 4.78 is 4.89. The van der Waals surface area contributed by atoms with E-state index in [9.17, 15) is 4.79 Å². The Balaban J connectivity index is 1.67. The molecule has 0 aliphatic carbocycles. The first-order valence-electron chi connectivity index (χ1n) is 5.32. The Morgan fingerprint density at radius 3 is 3.38 bits per heavy atom. The van der Waals surface area contributed by atoms with Crippen LogP contribution in [0.1, 0.15) is 12.2 Å². The van der Waals surface area contributed by atoms with Gasteiger partial charge >= 0.3 is 0 Å². The molecule has 1 aliphatic rings. The summed E-state index contributed by atoms with van der Waals surface area (Å²) in [6.45, 7) is 1.41. The van der Waals surface area contributed by atoms with Gasteiger partial charge in [-0.3, -0.25) is 4.79 Å². The molecule has 5 nitrogen and oxygen atoms in total. The second-order valence-electron chi connectivity index (χ2n) is 3.69. The van der Waals surface area contributed by atoms with Gasteiger partial charge in [-0.2, -0.15) is 11.8 Å². The highest BCUT2D eigenvalue weighted by atomic mass is 32.2. The SMILES string of the molecule is O=C(CC1CSCCN1)NCc1ccno1. The van der Waals surface area contributed by atoms with E-state index in [-0.39, 0.29) is 5.91 Å². The quantitative estimate of drug-likeness (QED) is 0.798. The van der Waals surface area contributed by atoms with Crippen LogP contribution in [0, 0.1) is 0 Å². The molecule has 1 aromatic rings. The molecule has 88 valence electrons. The van der Waals surface area contributed by atoms with Gasteiger partial charge in [0.2, 0.25) is 5.91 Å². The van der Waals surface area contributed by atoms with E-state index in [0.29, 0.717) is 24.8 Å². The van der Waals surface area contributed by atoms with E-state index >= 15 is 0 Å². The Bertz CT molecular complexity index is 323. The van der Waals surface area contributed by atoms with Crippen molar-refractivity contribution in [1.82, 2.24) is 15.8 Å². The molecule has 1 unspecified atom stereocenters. The lowest BCUT2D eigenvalue weighted by Gasteiger charge is -2.22. The van der Waals surface area contributed by atoms with Crippen LogP contribution in [0.3, 0.4) is 0 Å². The Morgan fingerprint density at radius 1 is 1.75 bits per heavy atom. The Morgan fingerprint density at radius 2 is 2.69 bits per heavy atom. The second-order valence-corrected chi connectivity index (χ2v) is 4.84. The summed E-state index contributed by atoms with van der Waals surface area (Å²) in [6.07, 6.45) is 2.10. The van der Waals surface area contributed by atoms with Crippen molar-refractivity contribution in [2.45, 2.75) is 19.0 Å². The lowest BCUT2D eigenvalue weighted by atomic mass is 10.2. The Hall–Kier alpha value is -1.01. The van der Waals surface area contributed by atoms with Gasteiger partial charge in [0.05, 0.1) is 12.7 Å². The number of hydrogen-bond donors (Lipinski definition) is 2. The van der Waals surface area contributed by atoms with Crippen molar-refractivity contribution >= 4 is 17.7 Å². The zero-order chi connectivity index (χ0) is 11.2. The summed E-state index contributed by atoms with van der Waals surface area (Å²) in [4.78, 5) is 11.6. The molecule has 1 atom stereocenters. The highest BCUT2D eigenvalue weighted by Gasteiger charge is 2.16. The predicted octanol–water partition coefficient (Wildman–Crippen LogP) is 0.386. The number of carbonyl (C=O) groups is 1. The van der Waals surface area contributed by atoms with Gasteiger partial charge in [0.1, 0.15) is 0 Å². The summed E-state index contributed by atoms with van der Waals surface area (Å²) in [5.41, 5.74) is 0. The molecule has 1 aliphatic heterocycles. The number of amides is 1. The highest BCUT2D eigenvalue weighted by Crippen LogP contribution is 2.10. The Kier molecular flexibility index (Phi) is 4.24. The van der Waals surface area contributed by atoms with Crippen LogP contribution in [0.15, 0.2) is 16.8 Å². The molecule has 2 N–H and O–H groups in total. The average Bonchev–Trinajstić information content (AvgIpc) is 2.81. The fraction of sp³-hybridized carbons (Fsp3) is 0.600. The van der Waals surface area contributed by atoms with Gasteiger partial charge in [-0.1, -0.05) is 5.16 Å². The smallest absolute Gasteiger partial charge is 0.221 e. The zero-order valence-electron chi connectivity index (χ0n) is 8.94. The second kappa shape index (κ2) is 5.91. The van der Waals surface area contributed by atoms with Crippen molar-refractivity contribution in [3.8, 4) is 0 Å². The summed E-state index contributed by atoms with van der Waals surface area (Å²) in [5.74, 6) is 2.88. The fourth-order valence-electron chi connectivity index (χ4n) is 1.57. The number of nitrogens with zero attached hydrogens (tertiary/aromatic N) is 1. The number of aromatic nitrogens is 1. The van der Waals surface area contributed by atoms with E-state index < -0.39 is 0 Å². The fourth-order valence-corrected chi connectivity index (χ4v) is 2.51. The van der Waals surface area contributed by atoms with Gasteiger partial charge in [0, 0.05) is 36.6 Å². The summed E-state index contributed by atoms with van der Waals surface area (Å²) in [6, 6.07) is 2.04. The summed E-state index contributed by atoms with van der Waals surface area (Å²) >= 11 is 1.89. The first-order chi connectivity index (χ1) is 7.84. The van der Waals surface area contributed by atoms with Crippen LogP contribution >= 0.6 is 11.8 Å². The number of thioether (sulfide) groups is 1. The minimum Gasteiger partial charge on any atom is -0.360 e. The lowest BCUT2D eigenvalue weighted by Crippen LogP contribution is -2.41. The molecule has 2 heterocycles. The molecule has 16 heavy (non-hydrogen) atoms. The van der Waals surface area contributed by atoms with E-state index in [0.717, 1.165) is 18.1 Å². The first-order valence-corrected chi connectivity index (χ1v) is 6.47. The van der Waals surface area contributed by atoms with E-state index in [1.165, 1.54) is 0 Å². The van der Waals surface area contributed by atoms with Crippen LogP contribution in [-0.2, 0) is 11.3 Å². The lowest BCUT2D eigenvalue weighted by molar-refractivity contribution is -0.121. The van der Waals surface area contributed by atoms with Crippen LogP contribution < -0.4 is 10.6 Å². The van der Waals surface area contributed by atoms with Crippen LogP contribution in [0.25, 0.3) is 0 Å². The van der Waals surface area contributed by atoms with Crippen LogP contribution in [0.5, 0.6) is 0 Å². The Labute approximate surface area is 98.3 Å². The summed E-state index contributed by atoms with van der Waals surface area (Å²) in [5, 5.41) is 9.71. The topological polar surface area (TPSA) is 67.2 Å². The van der Waals surface area contributed by atoms with Gasteiger partial charge in [0.25, 0.3) is 0 Å². The minimum absolute atomic E-state index is 0.0522. The molecule has 0 aromatic carbocycles. The molecule has 0 radical (unpaired) electrons. The van der Waals surface area contributed by atoms with Crippen LogP contribution in [-0.4, -0.2) is 35.2 Å². The van der Waals surface area contributed by atoms with Crippen molar-refractivity contribution in [2.75, 3.05) is 18.1 Å². The average molecular weight is 241 g/mol. The third-order valence-corrected chi connectivity index (χ3v) is 3.51. The maximum absolute atomic E-state index is 11.6. The van der Waals surface area contributed by atoms with Crippen molar-refractivity contribution in [1.29, 1.82) is 0 Å². The standard InChI is InChI=1S/C10H15N3O2S/c14-10(5-8-7-16-4-3-11-8)12-6-9-1-2-13-15-9/h1-2,8,11H,3-7H2,(H,12,14). The van der Waals surface area contributed by atoms with Crippen molar-refractivity contribution in [3.05, 3.63) is 18.0 Å². The molecular weight excluding hydrogens is 226 g/mol. The molecule has 1 amide bonds. The third-order valence-electron chi connectivity index (χ3n) is 2.38. The monoisotopic (exact) mass is 241 g/mol. The van der Waals surface area contributed by atoms with Gasteiger partial charge in [0.15, 0.2) is 5.76 Å². The van der Waals surface area contributed by atoms with Crippen molar-refractivity contribution in [2.24, 2.45) is 0 Å². The van der Waals surface area contributed by atoms with Gasteiger partial charge in [-0.05, 0) is 0 Å². The summed E-state index contributed by atoms with van der Waals surface area (Å²) in [7, 11) is 0. The van der Waals surface area contributed by atoms with Gasteiger partial charge in [-0.25, -0.2) is 0 Å². The van der Waals surface area contributed by atoms with E-state index in [2.05, 4.69) is 15.8 Å². The number of rotatable bonds is 4. The number of nitrogens with one attached hydrogen (secondary N) is 2. The number of hydrogen-bond acceptors (Lipinski definition) is 5. The van der Waals surface area contributed by atoms with E-state index in [4.69, 9.17) is 4.52 Å².